The second-order valence-corrected chi connectivity index (χ2v) is 6.32. The molecule has 0 aliphatic carbocycles. The fraction of sp³-hybridized carbons (Fsp3) is 0.348. The van der Waals surface area contributed by atoms with E-state index in [0.717, 1.165) is 28.4 Å². The molecule has 7 nitrogen and oxygen atoms in total. The van der Waals surface area contributed by atoms with E-state index in [4.69, 9.17) is 18.9 Å². The van der Waals surface area contributed by atoms with Gasteiger partial charge in [-0.2, -0.15) is 0 Å². The van der Waals surface area contributed by atoms with Crippen molar-refractivity contribution in [2.75, 3.05) is 41.5 Å². The van der Waals surface area contributed by atoms with Gasteiger partial charge in [0.2, 0.25) is 0 Å². The SMILES string of the molecule is C=CCOc1ccccc1CNC(=NC)NCCc1c(OC)cc(OC)cc1OC.I. The third-order valence-electron chi connectivity index (χ3n) is 4.48. The van der Waals surface area contributed by atoms with E-state index >= 15 is 0 Å². The first-order chi connectivity index (χ1) is 14.7. The van der Waals surface area contributed by atoms with Crippen LogP contribution in [0.25, 0.3) is 0 Å². The molecule has 0 amide bonds. The lowest BCUT2D eigenvalue weighted by atomic mass is 10.1. The largest absolute Gasteiger partial charge is 0.496 e. The third kappa shape index (κ3) is 7.86. The summed E-state index contributed by atoms with van der Waals surface area (Å²) in [6, 6.07) is 11.6. The first-order valence-electron chi connectivity index (χ1n) is 9.71. The first-order valence-corrected chi connectivity index (χ1v) is 9.71. The predicted molar refractivity (Wildman–Crippen MR) is 136 cm³/mol. The van der Waals surface area contributed by atoms with Gasteiger partial charge in [0.15, 0.2) is 5.96 Å². The molecule has 0 saturated carbocycles. The standard InChI is InChI=1S/C23H31N3O4.HI/c1-6-13-30-20-10-8-7-9-17(20)16-26-23(24-2)25-12-11-19-21(28-4)14-18(27-3)15-22(19)29-5;/h6-10,14-15H,1,11-13,16H2,2-5H3,(H2,24,25,26);1H. The molecule has 0 spiro atoms. The Labute approximate surface area is 201 Å². The number of nitrogens with one attached hydrogen (secondary N) is 2. The number of hydrogen-bond acceptors (Lipinski definition) is 5. The topological polar surface area (TPSA) is 73.3 Å². The molecular weight excluding hydrogens is 509 g/mol. The van der Waals surface area contributed by atoms with Crippen molar-refractivity contribution in [2.24, 2.45) is 4.99 Å². The molecule has 0 aliphatic heterocycles. The Morgan fingerprint density at radius 1 is 1.00 bits per heavy atom. The maximum Gasteiger partial charge on any atom is 0.191 e. The summed E-state index contributed by atoms with van der Waals surface area (Å²) in [4.78, 5) is 4.29. The molecule has 0 aromatic heterocycles. The van der Waals surface area contributed by atoms with Gasteiger partial charge in [-0.15, -0.1) is 24.0 Å². The van der Waals surface area contributed by atoms with E-state index in [0.29, 0.717) is 37.8 Å². The molecule has 2 rings (SSSR count). The second-order valence-electron chi connectivity index (χ2n) is 6.32. The summed E-state index contributed by atoms with van der Waals surface area (Å²) < 4.78 is 22.0. The van der Waals surface area contributed by atoms with Crippen molar-refractivity contribution in [3.63, 3.8) is 0 Å². The first kappa shape index (κ1) is 26.4. The van der Waals surface area contributed by atoms with Crippen molar-refractivity contribution in [3.05, 3.63) is 60.2 Å². The number of nitrogens with zero attached hydrogens (tertiary/aromatic N) is 1. The summed E-state index contributed by atoms with van der Waals surface area (Å²) in [6.45, 7) is 5.39. The Balaban J connectivity index is 0.00000480. The van der Waals surface area contributed by atoms with Gasteiger partial charge < -0.3 is 29.6 Å². The van der Waals surface area contributed by atoms with Crippen molar-refractivity contribution < 1.29 is 18.9 Å². The van der Waals surface area contributed by atoms with Crippen LogP contribution in [0.2, 0.25) is 0 Å². The number of benzene rings is 2. The van der Waals surface area contributed by atoms with Crippen molar-refractivity contribution in [2.45, 2.75) is 13.0 Å². The Kier molecular flexibility index (Phi) is 12.3. The molecule has 0 fully saturated rings. The van der Waals surface area contributed by atoms with E-state index in [1.165, 1.54) is 0 Å². The van der Waals surface area contributed by atoms with Crippen LogP contribution in [-0.4, -0.2) is 47.5 Å². The molecular formula is C23H32IN3O4. The molecule has 0 aliphatic rings. The van der Waals surface area contributed by atoms with Crippen molar-refractivity contribution in [1.82, 2.24) is 10.6 Å². The average Bonchev–Trinajstić information content (AvgIpc) is 2.79. The monoisotopic (exact) mass is 541 g/mol. The van der Waals surface area contributed by atoms with E-state index in [1.54, 1.807) is 34.5 Å². The zero-order valence-electron chi connectivity index (χ0n) is 18.6. The smallest absolute Gasteiger partial charge is 0.191 e. The maximum absolute atomic E-state index is 5.70. The molecule has 0 atom stereocenters. The number of para-hydroxylation sites is 1. The van der Waals surface area contributed by atoms with E-state index in [1.807, 2.05) is 36.4 Å². The summed E-state index contributed by atoms with van der Waals surface area (Å²) >= 11 is 0. The molecule has 0 heterocycles. The van der Waals surface area contributed by atoms with Crippen LogP contribution in [-0.2, 0) is 13.0 Å². The molecule has 2 N–H and O–H groups in total. The predicted octanol–water partition coefficient (Wildman–Crippen LogP) is 3.80. The molecule has 0 unspecified atom stereocenters. The number of methoxy groups -OCH3 is 3. The highest BCUT2D eigenvalue weighted by Crippen LogP contribution is 2.34. The molecule has 0 bridgehead atoms. The number of halogens is 1. The zero-order valence-corrected chi connectivity index (χ0v) is 20.9. The van der Waals surface area contributed by atoms with Crippen LogP contribution >= 0.6 is 24.0 Å². The number of aliphatic imine (C=N–C) groups is 1. The quantitative estimate of drug-likeness (QED) is 0.195. The summed E-state index contributed by atoms with van der Waals surface area (Å²) in [5, 5.41) is 6.64. The lowest BCUT2D eigenvalue weighted by Crippen LogP contribution is -2.38. The minimum absolute atomic E-state index is 0. The van der Waals surface area contributed by atoms with Gasteiger partial charge in [0.05, 0.1) is 21.3 Å². The van der Waals surface area contributed by atoms with Crippen molar-refractivity contribution in [1.29, 1.82) is 0 Å². The van der Waals surface area contributed by atoms with E-state index < -0.39 is 0 Å². The molecule has 170 valence electrons. The van der Waals surface area contributed by atoms with Crippen LogP contribution in [0.5, 0.6) is 23.0 Å². The van der Waals surface area contributed by atoms with Gasteiger partial charge in [0.25, 0.3) is 0 Å². The lowest BCUT2D eigenvalue weighted by molar-refractivity contribution is 0.358. The van der Waals surface area contributed by atoms with Crippen LogP contribution in [0, 0.1) is 0 Å². The molecule has 2 aromatic rings. The Morgan fingerprint density at radius 2 is 1.68 bits per heavy atom. The van der Waals surface area contributed by atoms with Crippen molar-refractivity contribution >= 4 is 29.9 Å². The summed E-state index contributed by atoms with van der Waals surface area (Å²) in [5.74, 6) is 3.66. The van der Waals surface area contributed by atoms with E-state index in [-0.39, 0.29) is 24.0 Å². The molecule has 0 saturated heterocycles. The number of guanidine groups is 1. The minimum atomic E-state index is 0. The molecule has 2 aromatic carbocycles. The van der Waals surface area contributed by atoms with Crippen LogP contribution in [0.3, 0.4) is 0 Å². The maximum atomic E-state index is 5.70. The zero-order chi connectivity index (χ0) is 21.8. The normalized spacial score (nSPS) is 10.5. The summed E-state index contributed by atoms with van der Waals surface area (Å²) in [7, 11) is 6.63. The van der Waals surface area contributed by atoms with Gasteiger partial charge in [0, 0.05) is 43.4 Å². The molecule has 8 heteroatoms. The van der Waals surface area contributed by atoms with Gasteiger partial charge in [0.1, 0.15) is 29.6 Å². The second kappa shape index (κ2) is 14.4. The van der Waals surface area contributed by atoms with Crippen LogP contribution in [0.4, 0.5) is 0 Å². The van der Waals surface area contributed by atoms with E-state index in [2.05, 4.69) is 22.2 Å². The third-order valence-corrected chi connectivity index (χ3v) is 4.48. The van der Waals surface area contributed by atoms with Crippen LogP contribution in [0.15, 0.2) is 54.0 Å². The fourth-order valence-corrected chi connectivity index (χ4v) is 2.97. The van der Waals surface area contributed by atoms with Gasteiger partial charge in [-0.25, -0.2) is 0 Å². The van der Waals surface area contributed by atoms with Crippen LogP contribution < -0.4 is 29.6 Å². The molecule has 31 heavy (non-hydrogen) atoms. The van der Waals surface area contributed by atoms with Crippen molar-refractivity contribution in [3.8, 4) is 23.0 Å². The average molecular weight is 541 g/mol. The van der Waals surface area contributed by atoms with Gasteiger partial charge >= 0.3 is 0 Å². The van der Waals surface area contributed by atoms with Gasteiger partial charge in [-0.1, -0.05) is 30.9 Å². The van der Waals surface area contributed by atoms with Crippen LogP contribution in [0.1, 0.15) is 11.1 Å². The summed E-state index contributed by atoms with van der Waals surface area (Å²) in [6.07, 6.45) is 2.42. The van der Waals surface area contributed by atoms with Gasteiger partial charge in [-0.3, -0.25) is 4.99 Å². The number of rotatable bonds is 11. The Hall–Kier alpha value is -2.62. The Bertz CT molecular complexity index is 833. The number of hydrogen-bond donors (Lipinski definition) is 2. The highest BCUT2D eigenvalue weighted by atomic mass is 127. The number of ether oxygens (including phenoxy) is 4. The van der Waals surface area contributed by atoms with E-state index in [9.17, 15) is 0 Å². The highest BCUT2D eigenvalue weighted by Gasteiger charge is 2.13. The highest BCUT2D eigenvalue weighted by molar-refractivity contribution is 14.0. The minimum Gasteiger partial charge on any atom is -0.496 e. The van der Waals surface area contributed by atoms with Gasteiger partial charge in [-0.05, 0) is 12.5 Å². The molecule has 0 radical (unpaired) electrons. The Morgan fingerprint density at radius 3 is 2.26 bits per heavy atom. The fourth-order valence-electron chi connectivity index (χ4n) is 2.97. The lowest BCUT2D eigenvalue weighted by Gasteiger charge is -2.17. The summed E-state index contributed by atoms with van der Waals surface area (Å²) in [5.41, 5.74) is 2.01.